The lowest BCUT2D eigenvalue weighted by Gasteiger charge is -2.36. The number of carboxylic acids is 1. The zero-order chi connectivity index (χ0) is 27.9. The summed E-state index contributed by atoms with van der Waals surface area (Å²) >= 11 is 0. The molecule has 2 aliphatic rings. The van der Waals surface area contributed by atoms with Crippen molar-refractivity contribution in [2.75, 3.05) is 70.9 Å². The van der Waals surface area contributed by atoms with Crippen LogP contribution < -0.4 is 10.2 Å². The maximum Gasteiger partial charge on any atom is 0.409 e. The lowest BCUT2D eigenvalue weighted by molar-refractivity contribution is -0.138. The van der Waals surface area contributed by atoms with Crippen LogP contribution in [0.5, 0.6) is 0 Å². The second-order valence-corrected chi connectivity index (χ2v) is 9.80. The van der Waals surface area contributed by atoms with Crippen molar-refractivity contribution in [3.8, 4) is 0 Å². The Bertz CT molecular complexity index is 1210. The highest BCUT2D eigenvalue weighted by molar-refractivity contribution is 6.01. The Kier molecular flexibility index (Phi) is 9.18. The largest absolute Gasteiger partial charge is 0.481 e. The predicted molar refractivity (Wildman–Crippen MR) is 145 cm³/mol. The van der Waals surface area contributed by atoms with Crippen LogP contribution in [0.4, 0.5) is 10.5 Å². The number of pyridine rings is 1. The maximum atomic E-state index is 13.4. The van der Waals surface area contributed by atoms with Crippen molar-refractivity contribution in [1.82, 2.24) is 25.0 Å². The zero-order valence-corrected chi connectivity index (χ0v) is 22.5. The van der Waals surface area contributed by atoms with Crippen molar-refractivity contribution in [3.05, 3.63) is 36.0 Å². The molecular formula is C27H36N6O6. The van der Waals surface area contributed by atoms with E-state index < -0.39 is 24.0 Å². The average Bonchev–Trinajstić information content (AvgIpc) is 2.94. The topological polar surface area (TPSA) is 136 Å². The van der Waals surface area contributed by atoms with Crippen LogP contribution in [0.1, 0.15) is 30.3 Å². The summed E-state index contributed by atoms with van der Waals surface area (Å²) in [5, 5.41) is 12.9. The molecular weight excluding hydrogens is 504 g/mol. The van der Waals surface area contributed by atoms with Crippen molar-refractivity contribution >= 4 is 40.5 Å². The number of fused-ring (bicyclic) bond motifs is 1. The van der Waals surface area contributed by atoms with Crippen LogP contribution in [0.15, 0.2) is 30.3 Å². The first kappa shape index (κ1) is 28.1. The van der Waals surface area contributed by atoms with E-state index >= 15 is 0 Å². The molecule has 1 atom stereocenters. The number of para-hydroxylation sites is 1. The van der Waals surface area contributed by atoms with Crippen molar-refractivity contribution in [3.63, 3.8) is 0 Å². The lowest BCUT2D eigenvalue weighted by atomic mass is 10.1. The van der Waals surface area contributed by atoms with Crippen molar-refractivity contribution in [1.29, 1.82) is 0 Å². The van der Waals surface area contributed by atoms with E-state index in [0.29, 0.717) is 18.6 Å². The minimum atomic E-state index is -1.06. The summed E-state index contributed by atoms with van der Waals surface area (Å²) in [4.78, 5) is 62.3. The second kappa shape index (κ2) is 12.7. The first-order valence-corrected chi connectivity index (χ1v) is 13.3. The summed E-state index contributed by atoms with van der Waals surface area (Å²) in [6.07, 6.45) is -0.771. The fourth-order valence-electron chi connectivity index (χ4n) is 4.88. The average molecular weight is 541 g/mol. The number of nitrogens with one attached hydrogen (secondary N) is 1. The summed E-state index contributed by atoms with van der Waals surface area (Å²) in [6, 6.07) is 8.34. The minimum Gasteiger partial charge on any atom is -0.481 e. The molecule has 210 valence electrons. The van der Waals surface area contributed by atoms with Crippen LogP contribution in [0.3, 0.4) is 0 Å². The molecule has 12 nitrogen and oxygen atoms in total. The first-order valence-electron chi connectivity index (χ1n) is 13.3. The molecule has 0 aliphatic carbocycles. The van der Waals surface area contributed by atoms with E-state index in [4.69, 9.17) is 4.74 Å². The smallest absolute Gasteiger partial charge is 0.409 e. The van der Waals surface area contributed by atoms with Gasteiger partial charge in [0.2, 0.25) is 5.91 Å². The monoisotopic (exact) mass is 540 g/mol. The molecule has 0 saturated carbocycles. The fraction of sp³-hybridized carbons (Fsp3) is 0.519. The molecule has 2 aliphatic heterocycles. The second-order valence-electron chi connectivity index (χ2n) is 9.80. The van der Waals surface area contributed by atoms with Crippen LogP contribution in [0, 0.1) is 0 Å². The van der Waals surface area contributed by atoms with Gasteiger partial charge in [-0.25, -0.2) is 9.78 Å². The molecule has 1 aromatic carbocycles. The van der Waals surface area contributed by atoms with Gasteiger partial charge in [0, 0.05) is 69.9 Å². The number of anilines is 1. The highest BCUT2D eigenvalue weighted by Gasteiger charge is 2.31. The van der Waals surface area contributed by atoms with Gasteiger partial charge in [0.1, 0.15) is 11.7 Å². The van der Waals surface area contributed by atoms with Gasteiger partial charge in [-0.1, -0.05) is 18.2 Å². The van der Waals surface area contributed by atoms with Crippen molar-refractivity contribution < 1.29 is 29.0 Å². The molecule has 2 saturated heterocycles. The molecule has 1 aromatic heterocycles. The van der Waals surface area contributed by atoms with Gasteiger partial charge < -0.3 is 34.8 Å². The number of aromatic nitrogens is 1. The molecule has 2 N–H and O–H groups in total. The predicted octanol–water partition coefficient (Wildman–Crippen LogP) is 1.25. The van der Waals surface area contributed by atoms with Crippen LogP contribution >= 0.6 is 0 Å². The third-order valence-electron chi connectivity index (χ3n) is 7.14. The highest BCUT2D eigenvalue weighted by Crippen LogP contribution is 2.28. The van der Waals surface area contributed by atoms with E-state index in [1.54, 1.807) is 17.9 Å². The van der Waals surface area contributed by atoms with Gasteiger partial charge in [-0.2, -0.15) is 0 Å². The third kappa shape index (κ3) is 6.94. The Morgan fingerprint density at radius 2 is 1.67 bits per heavy atom. The van der Waals surface area contributed by atoms with Crippen LogP contribution in [0.2, 0.25) is 0 Å². The summed E-state index contributed by atoms with van der Waals surface area (Å²) < 4.78 is 5.03. The van der Waals surface area contributed by atoms with Gasteiger partial charge in [0.25, 0.3) is 5.91 Å². The van der Waals surface area contributed by atoms with Gasteiger partial charge in [-0.15, -0.1) is 0 Å². The van der Waals surface area contributed by atoms with E-state index in [1.165, 1.54) is 4.90 Å². The number of carbonyl (C=O) groups is 4. The number of carboxylic acid groups (broad SMARTS) is 1. The number of likely N-dealkylation sites (N-methyl/N-ethyl adjacent to an activating group) is 1. The summed E-state index contributed by atoms with van der Waals surface area (Å²) in [6.45, 7) is 6.52. The summed E-state index contributed by atoms with van der Waals surface area (Å²) in [5.74, 6) is -1.98. The normalized spacial score (nSPS) is 17.1. The quantitative estimate of drug-likeness (QED) is 0.507. The summed E-state index contributed by atoms with van der Waals surface area (Å²) in [5.41, 5.74) is 1.74. The zero-order valence-electron chi connectivity index (χ0n) is 22.5. The number of hydrogen-bond acceptors (Lipinski definition) is 8. The number of piperazine rings is 2. The number of ether oxygens (including phenoxy) is 1. The standard InChI is InChI=1S/C27H36N6O6/c1-3-39-27(38)33-16-14-32(15-17-33)26(37)21(8-9-24(34)35)29-25(36)22-18-23(31-12-10-30(2)11-13-31)19-6-4-5-7-20(19)28-22/h4-7,18,21H,3,8-17H2,1-2H3,(H,29,36)(H,34,35). The molecule has 4 rings (SSSR count). The Hall–Kier alpha value is -3.93. The Morgan fingerprint density at radius 3 is 2.33 bits per heavy atom. The molecule has 1 unspecified atom stereocenters. The number of aliphatic carboxylic acids is 1. The molecule has 12 heteroatoms. The molecule has 3 heterocycles. The van der Waals surface area contributed by atoms with Gasteiger partial charge in [-0.05, 0) is 32.5 Å². The Balaban J connectivity index is 1.52. The van der Waals surface area contributed by atoms with E-state index in [1.807, 2.05) is 24.3 Å². The number of hydrogen-bond donors (Lipinski definition) is 2. The molecule has 2 aromatic rings. The van der Waals surface area contributed by atoms with Gasteiger partial charge in [0.15, 0.2) is 0 Å². The SMILES string of the molecule is CCOC(=O)N1CCN(C(=O)C(CCC(=O)O)NC(=O)c2cc(N3CCN(C)CC3)c3ccccc3n2)CC1. The van der Waals surface area contributed by atoms with E-state index in [9.17, 15) is 24.3 Å². The molecule has 39 heavy (non-hydrogen) atoms. The van der Waals surface area contributed by atoms with Gasteiger partial charge >= 0.3 is 12.1 Å². The number of benzene rings is 1. The van der Waals surface area contributed by atoms with Crippen LogP contribution in [-0.4, -0.2) is 121 Å². The van der Waals surface area contributed by atoms with E-state index in [0.717, 1.165) is 37.3 Å². The van der Waals surface area contributed by atoms with Crippen LogP contribution in [0.25, 0.3) is 10.9 Å². The number of amides is 3. The molecule has 0 radical (unpaired) electrons. The van der Waals surface area contributed by atoms with Crippen LogP contribution in [-0.2, 0) is 14.3 Å². The Labute approximate surface area is 227 Å². The molecule has 0 bridgehead atoms. The van der Waals surface area contributed by atoms with E-state index in [2.05, 4.69) is 27.1 Å². The molecule has 2 fully saturated rings. The third-order valence-corrected chi connectivity index (χ3v) is 7.14. The fourth-order valence-corrected chi connectivity index (χ4v) is 4.88. The molecule has 0 spiro atoms. The number of nitrogens with zero attached hydrogens (tertiary/aromatic N) is 5. The van der Waals surface area contributed by atoms with Gasteiger partial charge in [-0.3, -0.25) is 14.4 Å². The summed E-state index contributed by atoms with van der Waals surface area (Å²) in [7, 11) is 2.08. The van der Waals surface area contributed by atoms with E-state index in [-0.39, 0.29) is 44.1 Å². The first-order chi connectivity index (χ1) is 18.8. The lowest BCUT2D eigenvalue weighted by Crippen LogP contribution is -2.56. The number of carbonyl (C=O) groups excluding carboxylic acids is 3. The number of rotatable bonds is 8. The molecule has 3 amide bonds. The van der Waals surface area contributed by atoms with Crippen molar-refractivity contribution in [2.24, 2.45) is 0 Å². The Morgan fingerprint density at radius 1 is 1.00 bits per heavy atom. The van der Waals surface area contributed by atoms with Gasteiger partial charge in [0.05, 0.1) is 12.1 Å². The van der Waals surface area contributed by atoms with Crippen molar-refractivity contribution in [2.45, 2.75) is 25.8 Å². The minimum absolute atomic E-state index is 0.0586. The highest BCUT2D eigenvalue weighted by atomic mass is 16.6. The maximum absolute atomic E-state index is 13.4.